The second-order valence-corrected chi connectivity index (χ2v) is 10.9. The van der Waals surface area contributed by atoms with Crippen molar-refractivity contribution in [2.45, 2.75) is 43.4 Å². The molecule has 1 atom stereocenters. The number of thioether (sulfide) groups is 1. The summed E-state index contributed by atoms with van der Waals surface area (Å²) in [6, 6.07) is 19.0. The van der Waals surface area contributed by atoms with Gasteiger partial charge >= 0.3 is 0 Å². The minimum Gasteiger partial charge on any atom is -0.496 e. The quantitative estimate of drug-likeness (QED) is 0.236. The molecule has 4 aromatic rings. The van der Waals surface area contributed by atoms with Gasteiger partial charge in [0.25, 0.3) is 0 Å². The minimum atomic E-state index is -0.625. The lowest BCUT2D eigenvalue weighted by Crippen LogP contribution is -2.25. The number of rotatable bonds is 9. The fourth-order valence-electron chi connectivity index (χ4n) is 4.58. The maximum Gasteiger partial charge on any atom is 0.230 e. The van der Waals surface area contributed by atoms with Crippen molar-refractivity contribution in [3.8, 4) is 46.2 Å². The Labute approximate surface area is 248 Å². The van der Waals surface area contributed by atoms with Crippen LogP contribution in [0.2, 0.25) is 0 Å². The molecular formula is C31H29N5O5S. The fourth-order valence-corrected chi connectivity index (χ4v) is 5.57. The Kier molecular flexibility index (Phi) is 8.36. The Morgan fingerprint density at radius 1 is 1.07 bits per heavy atom. The third kappa shape index (κ3) is 6.04. The number of anilines is 1. The minimum absolute atomic E-state index is 0.0434. The standard InChI is InChI=1S/C31H29N5O5S/c1-18-25(35-29(40-18)22-7-5-6-8-26(22)37-4)17-42-30-24(14-33)27(23(13-32)28(34)36-30)19-9-11-20(12-10-19)38-15-21-16-39-31(2,3)41-21/h5-12,21H,15-17H2,1-4H3,(H2,34,36)/t21-/m0/s1. The zero-order valence-electron chi connectivity index (χ0n) is 23.6. The van der Waals surface area contributed by atoms with Crippen LogP contribution in [0.3, 0.4) is 0 Å². The van der Waals surface area contributed by atoms with Gasteiger partial charge in [-0.15, -0.1) is 0 Å². The van der Waals surface area contributed by atoms with E-state index in [2.05, 4.69) is 22.1 Å². The van der Waals surface area contributed by atoms with Crippen molar-refractivity contribution in [1.29, 1.82) is 10.5 Å². The number of para-hydroxylation sites is 1. The number of nitrogen functional groups attached to an aromatic ring is 1. The highest BCUT2D eigenvalue weighted by Crippen LogP contribution is 2.38. The van der Waals surface area contributed by atoms with E-state index in [1.165, 1.54) is 11.8 Å². The predicted molar refractivity (Wildman–Crippen MR) is 157 cm³/mol. The molecule has 1 aliphatic heterocycles. The number of aryl methyl sites for hydroxylation is 1. The molecule has 1 saturated heterocycles. The van der Waals surface area contributed by atoms with E-state index in [0.29, 0.717) is 64.0 Å². The van der Waals surface area contributed by atoms with E-state index in [1.807, 2.05) is 45.0 Å². The van der Waals surface area contributed by atoms with Crippen LogP contribution in [0.1, 0.15) is 36.4 Å². The second kappa shape index (κ2) is 12.1. The number of nitrogens with zero attached hydrogens (tertiary/aromatic N) is 4. The normalized spacial score (nSPS) is 15.6. The molecular weight excluding hydrogens is 554 g/mol. The van der Waals surface area contributed by atoms with E-state index in [9.17, 15) is 10.5 Å². The van der Waals surface area contributed by atoms with Gasteiger partial charge in [0.15, 0.2) is 5.79 Å². The first-order chi connectivity index (χ1) is 20.2. The van der Waals surface area contributed by atoms with Gasteiger partial charge in [-0.05, 0) is 50.6 Å². The number of methoxy groups -OCH3 is 1. The van der Waals surface area contributed by atoms with E-state index in [4.69, 9.17) is 29.1 Å². The molecule has 3 heterocycles. The molecule has 2 N–H and O–H groups in total. The van der Waals surface area contributed by atoms with Crippen LogP contribution in [0.25, 0.3) is 22.6 Å². The first kappa shape index (κ1) is 29.0. The molecule has 214 valence electrons. The first-order valence-electron chi connectivity index (χ1n) is 13.1. The number of hydrogen-bond acceptors (Lipinski definition) is 11. The number of pyridine rings is 1. The molecule has 1 fully saturated rings. The molecule has 0 saturated carbocycles. The molecule has 0 radical (unpaired) electrons. The number of nitrogens with two attached hydrogens (primary N) is 1. The smallest absolute Gasteiger partial charge is 0.230 e. The monoisotopic (exact) mass is 583 g/mol. The van der Waals surface area contributed by atoms with Crippen molar-refractivity contribution in [2.75, 3.05) is 26.1 Å². The summed E-state index contributed by atoms with van der Waals surface area (Å²) in [4.78, 5) is 9.07. The summed E-state index contributed by atoms with van der Waals surface area (Å²) in [5.74, 6) is 2.13. The number of hydrogen-bond donors (Lipinski definition) is 1. The van der Waals surface area contributed by atoms with Crippen LogP contribution < -0.4 is 15.2 Å². The van der Waals surface area contributed by atoms with E-state index in [0.717, 1.165) is 5.56 Å². The van der Waals surface area contributed by atoms with Gasteiger partial charge in [0.1, 0.15) is 58.5 Å². The van der Waals surface area contributed by atoms with Crippen LogP contribution in [0.5, 0.6) is 11.5 Å². The Morgan fingerprint density at radius 3 is 2.48 bits per heavy atom. The van der Waals surface area contributed by atoms with Gasteiger partial charge in [0.05, 0.1) is 30.5 Å². The highest BCUT2D eigenvalue weighted by molar-refractivity contribution is 7.98. The molecule has 1 aliphatic rings. The maximum atomic E-state index is 10.2. The van der Waals surface area contributed by atoms with Crippen LogP contribution in [0.4, 0.5) is 5.82 Å². The van der Waals surface area contributed by atoms with Gasteiger partial charge in [0.2, 0.25) is 5.89 Å². The molecule has 10 nitrogen and oxygen atoms in total. The molecule has 0 aliphatic carbocycles. The predicted octanol–water partition coefficient (Wildman–Crippen LogP) is 5.87. The Bertz CT molecular complexity index is 1690. The van der Waals surface area contributed by atoms with Crippen LogP contribution >= 0.6 is 11.8 Å². The summed E-state index contributed by atoms with van der Waals surface area (Å²) in [6.07, 6.45) is -0.172. The van der Waals surface area contributed by atoms with Crippen molar-refractivity contribution in [3.05, 3.63) is 71.1 Å². The molecule has 0 bridgehead atoms. The van der Waals surface area contributed by atoms with Crippen molar-refractivity contribution < 1.29 is 23.4 Å². The third-order valence-electron chi connectivity index (χ3n) is 6.64. The Morgan fingerprint density at radius 2 is 1.81 bits per heavy atom. The average molecular weight is 584 g/mol. The maximum absolute atomic E-state index is 10.2. The van der Waals surface area contributed by atoms with Crippen molar-refractivity contribution in [2.24, 2.45) is 0 Å². The summed E-state index contributed by atoms with van der Waals surface area (Å²) in [5, 5.41) is 20.5. The zero-order chi connectivity index (χ0) is 29.9. The van der Waals surface area contributed by atoms with E-state index in [-0.39, 0.29) is 23.0 Å². The summed E-state index contributed by atoms with van der Waals surface area (Å²) in [7, 11) is 1.59. The third-order valence-corrected chi connectivity index (χ3v) is 7.62. The van der Waals surface area contributed by atoms with Gasteiger partial charge < -0.3 is 29.1 Å². The fraction of sp³-hybridized carbons (Fsp3) is 0.290. The molecule has 42 heavy (non-hydrogen) atoms. The van der Waals surface area contributed by atoms with Gasteiger partial charge in [0, 0.05) is 11.3 Å². The van der Waals surface area contributed by atoms with Crippen LogP contribution in [0, 0.1) is 29.6 Å². The number of benzene rings is 2. The SMILES string of the molecule is COc1ccccc1-c1nc(CSc2nc(N)c(C#N)c(-c3ccc(OC[C@H]4COC(C)(C)O4)cc3)c2C#N)c(C)o1. The Hall–Kier alpha value is -4.55. The van der Waals surface area contributed by atoms with Crippen molar-refractivity contribution in [1.82, 2.24) is 9.97 Å². The first-order valence-corrected chi connectivity index (χ1v) is 14.1. The topological polar surface area (TPSA) is 149 Å². The lowest BCUT2D eigenvalue weighted by Gasteiger charge is -2.17. The van der Waals surface area contributed by atoms with Gasteiger partial charge in [-0.1, -0.05) is 36.0 Å². The van der Waals surface area contributed by atoms with E-state index in [1.54, 1.807) is 31.4 Å². The van der Waals surface area contributed by atoms with E-state index >= 15 is 0 Å². The summed E-state index contributed by atoms with van der Waals surface area (Å²) >= 11 is 1.30. The summed E-state index contributed by atoms with van der Waals surface area (Å²) < 4.78 is 28.6. The molecule has 5 rings (SSSR count). The number of ether oxygens (including phenoxy) is 4. The van der Waals surface area contributed by atoms with Crippen LogP contribution in [0.15, 0.2) is 58.0 Å². The molecule has 0 amide bonds. The highest BCUT2D eigenvalue weighted by atomic mass is 32.2. The number of nitriles is 2. The Balaban J connectivity index is 1.38. The summed E-state index contributed by atoms with van der Waals surface area (Å²) in [5.41, 5.74) is 9.10. The largest absolute Gasteiger partial charge is 0.496 e. The van der Waals surface area contributed by atoms with Gasteiger partial charge in [-0.2, -0.15) is 10.5 Å². The molecule has 0 spiro atoms. The highest BCUT2D eigenvalue weighted by Gasteiger charge is 2.33. The van der Waals surface area contributed by atoms with Crippen molar-refractivity contribution in [3.63, 3.8) is 0 Å². The second-order valence-electron chi connectivity index (χ2n) is 9.95. The number of oxazole rings is 1. The summed E-state index contributed by atoms with van der Waals surface area (Å²) in [6.45, 7) is 6.34. The average Bonchev–Trinajstić information content (AvgIpc) is 3.55. The molecule has 2 aromatic heterocycles. The van der Waals surface area contributed by atoms with Gasteiger partial charge in [-0.25, -0.2) is 9.97 Å². The van der Waals surface area contributed by atoms with E-state index < -0.39 is 5.79 Å². The molecule has 0 unspecified atom stereocenters. The van der Waals surface area contributed by atoms with Crippen LogP contribution in [-0.2, 0) is 15.2 Å². The van der Waals surface area contributed by atoms with Crippen LogP contribution in [-0.4, -0.2) is 42.2 Å². The molecule has 11 heteroatoms. The lowest BCUT2D eigenvalue weighted by molar-refractivity contribution is -0.141. The zero-order valence-corrected chi connectivity index (χ0v) is 24.4. The van der Waals surface area contributed by atoms with Crippen molar-refractivity contribution >= 4 is 17.6 Å². The van der Waals surface area contributed by atoms with Gasteiger partial charge in [-0.3, -0.25) is 0 Å². The molecule has 2 aromatic carbocycles. The lowest BCUT2D eigenvalue weighted by atomic mass is 9.97. The number of aromatic nitrogens is 2.